The molecule has 0 bridgehead atoms. The minimum Gasteiger partial charge on any atom is -0.463 e. The first-order chi connectivity index (χ1) is 23.4. The number of methoxy groups -OCH3 is 1. The molecule has 0 radical (unpaired) electrons. The van der Waals surface area contributed by atoms with Crippen molar-refractivity contribution in [3.63, 3.8) is 0 Å². The van der Waals surface area contributed by atoms with Crippen LogP contribution in [0, 0.1) is 0 Å². The predicted molar refractivity (Wildman–Crippen MR) is 201 cm³/mol. The molecule has 0 heterocycles. The molecule has 0 aromatic heterocycles. The quantitative estimate of drug-likeness (QED) is 0.0436. The molecule has 0 aliphatic carbocycles. The zero-order valence-corrected chi connectivity index (χ0v) is 29.9. The van der Waals surface area contributed by atoms with Gasteiger partial charge >= 0.3 is 5.97 Å². The summed E-state index contributed by atoms with van der Waals surface area (Å²) in [5.41, 5.74) is 28.1. The molecule has 2 aromatic rings. The Hall–Kier alpha value is -2.99. The molecule has 0 spiro atoms. The Bertz CT molecular complexity index is 1130. The van der Waals surface area contributed by atoms with Gasteiger partial charge in [-0.05, 0) is 93.9 Å². The van der Waals surface area contributed by atoms with Crippen LogP contribution < -0.4 is 32.7 Å². The number of carbonyl (C=O) groups is 1. The van der Waals surface area contributed by atoms with Gasteiger partial charge < -0.3 is 46.9 Å². The molecule has 3 atom stereocenters. The lowest BCUT2D eigenvalue weighted by Gasteiger charge is -2.26. The van der Waals surface area contributed by atoms with Crippen LogP contribution in [-0.4, -0.2) is 83.9 Å². The van der Waals surface area contributed by atoms with Crippen LogP contribution in [0.15, 0.2) is 48.5 Å². The number of ether oxygens (including phenoxy) is 3. The number of benzene rings is 2. The summed E-state index contributed by atoms with van der Waals surface area (Å²) in [5.74, 6) is -0.375. The average molecular weight is 669 g/mol. The van der Waals surface area contributed by atoms with Crippen molar-refractivity contribution in [2.75, 3.05) is 69.4 Å². The monoisotopic (exact) mass is 668 g/mol. The van der Waals surface area contributed by atoms with Crippen molar-refractivity contribution in [1.29, 1.82) is 0 Å². The molecule has 0 fully saturated rings. The van der Waals surface area contributed by atoms with Gasteiger partial charge in [0, 0.05) is 38.1 Å². The van der Waals surface area contributed by atoms with E-state index in [4.69, 9.17) is 37.1 Å². The maximum atomic E-state index is 12.5. The van der Waals surface area contributed by atoms with E-state index in [9.17, 15) is 4.79 Å². The highest BCUT2D eigenvalue weighted by Crippen LogP contribution is 2.20. The van der Waals surface area contributed by atoms with Crippen LogP contribution in [0.1, 0.15) is 82.8 Å². The molecule has 2 aromatic carbocycles. The lowest BCUT2D eigenvalue weighted by molar-refractivity contribution is -0.145. The molecule has 10 heteroatoms. The number of hydrogen-bond donors (Lipinski definition) is 4. The second-order valence-corrected chi connectivity index (χ2v) is 12.3. The smallest absolute Gasteiger partial charge is 0.322 e. The number of hydrogen-bond acceptors (Lipinski definition) is 10. The Labute approximate surface area is 290 Å². The van der Waals surface area contributed by atoms with E-state index < -0.39 is 12.3 Å². The number of anilines is 2. The number of rotatable bonds is 27. The number of esters is 1. The SMILES string of the molecule is CCCN(CC)c1ccc(/C=C/c2ccc(N(CCCOC(OC)C(N)CCCCCN)CCOC(=O)C(N)CCCCN)cc2)cc1. The van der Waals surface area contributed by atoms with Crippen LogP contribution in [0.2, 0.25) is 0 Å². The van der Waals surface area contributed by atoms with Crippen molar-refractivity contribution in [3.05, 3.63) is 59.7 Å². The second kappa shape index (κ2) is 25.0. The highest BCUT2D eigenvalue weighted by Gasteiger charge is 2.18. The van der Waals surface area contributed by atoms with Crippen molar-refractivity contribution < 1.29 is 19.0 Å². The van der Waals surface area contributed by atoms with Gasteiger partial charge in [-0.25, -0.2) is 0 Å². The van der Waals surface area contributed by atoms with Crippen molar-refractivity contribution >= 4 is 29.5 Å². The second-order valence-electron chi connectivity index (χ2n) is 12.3. The minimum atomic E-state index is -0.631. The van der Waals surface area contributed by atoms with Gasteiger partial charge in [0.2, 0.25) is 0 Å². The van der Waals surface area contributed by atoms with Gasteiger partial charge in [-0.15, -0.1) is 0 Å². The average Bonchev–Trinajstić information content (AvgIpc) is 3.11. The van der Waals surface area contributed by atoms with Crippen molar-refractivity contribution in [2.24, 2.45) is 22.9 Å². The van der Waals surface area contributed by atoms with E-state index in [-0.39, 0.29) is 18.6 Å². The van der Waals surface area contributed by atoms with Gasteiger partial charge in [-0.3, -0.25) is 4.79 Å². The van der Waals surface area contributed by atoms with Crippen LogP contribution in [0.4, 0.5) is 11.4 Å². The van der Waals surface area contributed by atoms with Crippen LogP contribution in [0.25, 0.3) is 12.2 Å². The van der Waals surface area contributed by atoms with Gasteiger partial charge in [0.25, 0.3) is 0 Å². The van der Waals surface area contributed by atoms with E-state index >= 15 is 0 Å². The standard InChI is InChI=1S/C38H64N6O4/c1-4-26-43(5-2)33-20-16-31(17-21-33)14-15-32-18-22-34(23-19-32)44(28-30-47-37(45)35(41)12-8-10-25-40)27-11-29-48-38(46-3)36(42)13-7-6-9-24-39/h14-23,35-36,38H,4-13,24-30,39-42H2,1-3H3/b15-14+. The molecular weight excluding hydrogens is 604 g/mol. The highest BCUT2D eigenvalue weighted by atomic mass is 16.7. The summed E-state index contributed by atoms with van der Waals surface area (Å²) < 4.78 is 17.1. The van der Waals surface area contributed by atoms with Gasteiger partial charge in [0.05, 0.1) is 19.2 Å². The molecule has 2 rings (SSSR count). The Morgan fingerprint density at radius 3 is 1.88 bits per heavy atom. The van der Waals surface area contributed by atoms with Crippen LogP contribution in [0.5, 0.6) is 0 Å². The number of nitrogens with zero attached hydrogens (tertiary/aromatic N) is 2. The Kier molecular flexibility index (Phi) is 21.5. The van der Waals surface area contributed by atoms with Crippen LogP contribution in [-0.2, 0) is 19.0 Å². The first-order valence-electron chi connectivity index (χ1n) is 18.0. The summed E-state index contributed by atoms with van der Waals surface area (Å²) >= 11 is 0. The normalized spacial score (nSPS) is 13.4. The van der Waals surface area contributed by atoms with Gasteiger partial charge in [-0.1, -0.05) is 62.6 Å². The summed E-state index contributed by atoms with van der Waals surface area (Å²) in [7, 11) is 1.63. The van der Waals surface area contributed by atoms with E-state index in [1.54, 1.807) is 7.11 Å². The molecule has 270 valence electrons. The Morgan fingerprint density at radius 2 is 1.31 bits per heavy atom. The molecule has 0 aliphatic heterocycles. The fourth-order valence-electron chi connectivity index (χ4n) is 5.54. The third-order valence-corrected chi connectivity index (χ3v) is 8.42. The van der Waals surface area contributed by atoms with Crippen LogP contribution in [0.3, 0.4) is 0 Å². The maximum Gasteiger partial charge on any atom is 0.322 e. The summed E-state index contributed by atoms with van der Waals surface area (Å²) in [4.78, 5) is 17.1. The number of nitrogens with two attached hydrogens (primary N) is 4. The molecule has 10 nitrogen and oxygen atoms in total. The van der Waals surface area contributed by atoms with E-state index in [1.807, 2.05) is 0 Å². The molecule has 0 aliphatic rings. The molecule has 48 heavy (non-hydrogen) atoms. The Morgan fingerprint density at radius 1 is 0.729 bits per heavy atom. The van der Waals surface area contributed by atoms with Gasteiger partial charge in [0.1, 0.15) is 12.6 Å². The van der Waals surface area contributed by atoms with Crippen molar-refractivity contribution in [2.45, 2.75) is 90.0 Å². The highest BCUT2D eigenvalue weighted by molar-refractivity contribution is 5.75. The van der Waals surface area contributed by atoms with Crippen molar-refractivity contribution in [3.8, 4) is 0 Å². The first-order valence-corrected chi connectivity index (χ1v) is 18.0. The lowest BCUT2D eigenvalue weighted by atomic mass is 10.1. The molecular formula is C38H64N6O4. The topological polar surface area (TPSA) is 155 Å². The van der Waals surface area contributed by atoms with Gasteiger partial charge in [-0.2, -0.15) is 0 Å². The third kappa shape index (κ3) is 15.9. The zero-order chi connectivity index (χ0) is 35.0. The molecule has 0 saturated heterocycles. The minimum absolute atomic E-state index is 0.192. The lowest BCUT2D eigenvalue weighted by Crippen LogP contribution is -2.39. The van der Waals surface area contributed by atoms with Crippen molar-refractivity contribution in [1.82, 2.24) is 0 Å². The largest absolute Gasteiger partial charge is 0.463 e. The summed E-state index contributed by atoms with van der Waals surface area (Å²) in [6, 6.07) is 16.3. The summed E-state index contributed by atoms with van der Waals surface area (Å²) in [5, 5.41) is 0. The van der Waals surface area contributed by atoms with Crippen LogP contribution >= 0.6 is 0 Å². The fraction of sp³-hybridized carbons (Fsp3) is 0.605. The number of carbonyl (C=O) groups excluding carboxylic acids is 1. The summed E-state index contributed by atoms with van der Waals surface area (Å²) in [6.45, 7) is 9.71. The maximum absolute atomic E-state index is 12.5. The van der Waals surface area contributed by atoms with Gasteiger partial charge in [0.15, 0.2) is 6.29 Å². The first kappa shape index (κ1) is 41.2. The van der Waals surface area contributed by atoms with E-state index in [1.165, 1.54) is 5.69 Å². The predicted octanol–water partition coefficient (Wildman–Crippen LogP) is 5.12. The zero-order valence-electron chi connectivity index (χ0n) is 29.9. The fourth-order valence-corrected chi connectivity index (χ4v) is 5.54. The molecule has 3 unspecified atom stereocenters. The Balaban J connectivity index is 2.01. The molecule has 0 amide bonds. The third-order valence-electron chi connectivity index (χ3n) is 8.42. The van der Waals surface area contributed by atoms with E-state index in [2.05, 4.69) is 84.3 Å². The number of unbranched alkanes of at least 4 members (excludes halogenated alkanes) is 3. The molecule has 8 N–H and O–H groups in total. The molecule has 0 saturated carbocycles. The van der Waals surface area contributed by atoms with E-state index in [0.29, 0.717) is 39.2 Å². The summed E-state index contributed by atoms with van der Waals surface area (Å²) in [6.07, 6.45) is 11.8. The van der Waals surface area contributed by atoms with E-state index in [0.717, 1.165) is 81.3 Å².